The van der Waals surface area contributed by atoms with Crippen LogP contribution in [0.5, 0.6) is 0 Å². The van der Waals surface area contributed by atoms with E-state index in [1.54, 1.807) is 65.7 Å². The zero-order chi connectivity index (χ0) is 26.3. The number of anilines is 1. The molecule has 2 fully saturated rings. The number of fused-ring (bicyclic) bond motifs is 1. The summed E-state index contributed by atoms with van der Waals surface area (Å²) in [6.07, 6.45) is 6.65. The maximum atomic E-state index is 14.4. The molecule has 38 heavy (non-hydrogen) atoms. The second kappa shape index (κ2) is 9.52. The average Bonchev–Trinajstić information content (AvgIpc) is 3.18. The van der Waals surface area contributed by atoms with Gasteiger partial charge in [-0.05, 0) is 50.2 Å². The van der Waals surface area contributed by atoms with Crippen molar-refractivity contribution in [1.29, 1.82) is 0 Å². The zero-order valence-corrected chi connectivity index (χ0v) is 21.7. The van der Waals surface area contributed by atoms with Gasteiger partial charge >= 0.3 is 6.03 Å². The van der Waals surface area contributed by atoms with Crippen LogP contribution in [0.4, 0.5) is 10.5 Å². The lowest BCUT2D eigenvalue weighted by molar-refractivity contribution is -0.121. The number of sulfonamides is 1. The largest absolute Gasteiger partial charge is 0.322 e. The van der Waals surface area contributed by atoms with Crippen molar-refractivity contribution in [2.45, 2.75) is 35.7 Å². The van der Waals surface area contributed by atoms with E-state index in [0.717, 1.165) is 17.4 Å². The monoisotopic (exact) mass is 531 g/mol. The fourth-order valence-corrected chi connectivity index (χ4v) is 7.20. The number of urea groups is 1. The van der Waals surface area contributed by atoms with Gasteiger partial charge in [0.2, 0.25) is 0 Å². The minimum Gasteiger partial charge on any atom is -0.322 e. The first-order valence-electron chi connectivity index (χ1n) is 12.9. The Labute approximate surface area is 222 Å². The van der Waals surface area contributed by atoms with Crippen LogP contribution >= 0.6 is 0 Å². The summed E-state index contributed by atoms with van der Waals surface area (Å²) >= 11 is 0. The van der Waals surface area contributed by atoms with Crippen LogP contribution in [-0.4, -0.2) is 67.4 Å². The second-order valence-corrected chi connectivity index (χ2v) is 11.8. The Morgan fingerprint density at radius 1 is 0.921 bits per heavy atom. The molecule has 1 N–H and O–H groups in total. The predicted molar refractivity (Wildman–Crippen MR) is 142 cm³/mol. The van der Waals surface area contributed by atoms with Gasteiger partial charge in [0.15, 0.2) is 5.54 Å². The van der Waals surface area contributed by atoms with Gasteiger partial charge in [-0.15, -0.1) is 0 Å². The number of aromatic nitrogens is 1. The number of hydrogen-bond acceptors (Lipinski definition) is 6. The van der Waals surface area contributed by atoms with Crippen LogP contribution in [0, 0.1) is 0 Å². The van der Waals surface area contributed by atoms with Crippen LogP contribution in [0.3, 0.4) is 0 Å². The number of carbonyl (C=O) groups excluding carboxylic acids is 2. The van der Waals surface area contributed by atoms with Crippen LogP contribution in [0.1, 0.15) is 30.4 Å². The van der Waals surface area contributed by atoms with Crippen molar-refractivity contribution in [2.24, 2.45) is 0 Å². The average molecular weight is 532 g/mol. The minimum atomic E-state index is -4.26. The molecule has 3 aromatic rings. The molecular formula is C28H29N5O4S. The number of carbonyl (C=O) groups is 2. The molecule has 1 atom stereocenters. The lowest BCUT2D eigenvalue weighted by Gasteiger charge is -2.47. The van der Waals surface area contributed by atoms with Crippen molar-refractivity contribution in [3.05, 3.63) is 90.3 Å². The zero-order valence-electron chi connectivity index (χ0n) is 20.9. The van der Waals surface area contributed by atoms with E-state index in [4.69, 9.17) is 0 Å². The van der Waals surface area contributed by atoms with Gasteiger partial charge < -0.3 is 10.2 Å². The van der Waals surface area contributed by atoms with E-state index in [1.807, 2.05) is 0 Å². The van der Waals surface area contributed by atoms with Crippen molar-refractivity contribution in [3.63, 3.8) is 0 Å². The van der Waals surface area contributed by atoms with Crippen LogP contribution < -0.4 is 9.62 Å². The molecule has 10 heteroatoms. The first kappa shape index (κ1) is 24.6. The molecule has 2 aromatic carbocycles. The Morgan fingerprint density at radius 3 is 2.34 bits per heavy atom. The molecule has 3 amide bonds. The van der Waals surface area contributed by atoms with Gasteiger partial charge in [0, 0.05) is 42.7 Å². The molecule has 4 heterocycles. The Balaban J connectivity index is 1.38. The molecule has 1 unspecified atom stereocenters. The van der Waals surface area contributed by atoms with Crippen molar-refractivity contribution in [1.82, 2.24) is 20.1 Å². The van der Waals surface area contributed by atoms with Crippen molar-refractivity contribution < 1.29 is 18.0 Å². The van der Waals surface area contributed by atoms with Gasteiger partial charge in [-0.2, -0.15) is 4.31 Å². The fraction of sp³-hybridized carbons (Fsp3) is 0.321. The van der Waals surface area contributed by atoms with Gasteiger partial charge in [0.05, 0.1) is 10.6 Å². The third kappa shape index (κ3) is 3.86. The fourth-order valence-electron chi connectivity index (χ4n) is 5.71. The molecule has 3 aliphatic rings. The number of hydrogen-bond donors (Lipinski definition) is 1. The SMILES string of the molecule is O=C(NC1(c2cccnc2)C(=O)N(S(=O)(=O)c2ccccc2)c2ccccc21)N1CC(N2CCCCC2)C1. The van der Waals surface area contributed by atoms with E-state index >= 15 is 0 Å². The third-order valence-electron chi connectivity index (χ3n) is 7.76. The maximum absolute atomic E-state index is 14.4. The normalized spacial score (nSPS) is 22.2. The summed E-state index contributed by atoms with van der Waals surface area (Å²) in [4.78, 5) is 36.3. The van der Waals surface area contributed by atoms with E-state index in [9.17, 15) is 18.0 Å². The molecule has 9 nitrogen and oxygen atoms in total. The smallest absolute Gasteiger partial charge is 0.318 e. The van der Waals surface area contributed by atoms with E-state index in [0.29, 0.717) is 30.3 Å². The summed E-state index contributed by atoms with van der Waals surface area (Å²) < 4.78 is 28.4. The number of nitrogens with one attached hydrogen (secondary N) is 1. The van der Waals surface area contributed by atoms with Crippen molar-refractivity contribution in [3.8, 4) is 0 Å². The summed E-state index contributed by atoms with van der Waals surface area (Å²) in [5.41, 5.74) is -0.760. The van der Waals surface area contributed by atoms with Gasteiger partial charge in [-0.1, -0.05) is 48.9 Å². The van der Waals surface area contributed by atoms with Crippen LogP contribution in [0.2, 0.25) is 0 Å². The standard InChI is InChI=1S/C28H29N5O4S/c34-26-28(21-10-9-15-29-18-21,30-27(35)32-19-22(20-32)31-16-7-2-8-17-31)24-13-5-6-14-25(24)33(26)38(36,37)23-11-3-1-4-12-23/h1,3-6,9-15,18,22H,2,7-8,16-17,19-20H2,(H,30,35). The number of nitrogens with zero attached hydrogens (tertiary/aromatic N) is 4. The second-order valence-electron chi connectivity index (χ2n) is 9.98. The molecule has 196 valence electrons. The first-order valence-corrected chi connectivity index (χ1v) is 14.3. The number of piperidine rings is 1. The maximum Gasteiger partial charge on any atom is 0.318 e. The highest BCUT2D eigenvalue weighted by molar-refractivity contribution is 7.93. The number of likely N-dealkylation sites (tertiary alicyclic amines) is 2. The van der Waals surface area contributed by atoms with E-state index in [-0.39, 0.29) is 10.6 Å². The molecule has 0 saturated carbocycles. The van der Waals surface area contributed by atoms with Gasteiger partial charge in [0.1, 0.15) is 0 Å². The molecule has 0 spiro atoms. The third-order valence-corrected chi connectivity index (χ3v) is 9.47. The molecule has 2 saturated heterocycles. The lowest BCUT2D eigenvalue weighted by atomic mass is 9.84. The number of amides is 3. The highest BCUT2D eigenvalue weighted by Gasteiger charge is 2.58. The summed E-state index contributed by atoms with van der Waals surface area (Å²) in [5, 5.41) is 2.97. The summed E-state index contributed by atoms with van der Waals surface area (Å²) in [5.74, 6) is -0.767. The Hall–Kier alpha value is -3.76. The van der Waals surface area contributed by atoms with E-state index in [2.05, 4.69) is 15.2 Å². The highest BCUT2D eigenvalue weighted by atomic mass is 32.2. The lowest BCUT2D eigenvalue weighted by Crippen LogP contribution is -2.66. The summed E-state index contributed by atoms with van der Waals surface area (Å²) in [7, 11) is -4.26. The van der Waals surface area contributed by atoms with Crippen LogP contribution in [0.25, 0.3) is 0 Å². The van der Waals surface area contributed by atoms with E-state index in [1.165, 1.54) is 37.6 Å². The molecule has 0 aliphatic carbocycles. The van der Waals surface area contributed by atoms with Crippen LogP contribution in [-0.2, 0) is 20.4 Å². The Kier molecular flexibility index (Phi) is 6.16. The summed E-state index contributed by atoms with van der Waals surface area (Å²) in [6.45, 7) is 3.21. The summed E-state index contributed by atoms with van der Waals surface area (Å²) in [6, 6.07) is 17.8. The molecule has 6 rings (SSSR count). The number of para-hydroxylation sites is 1. The topological polar surface area (TPSA) is 103 Å². The van der Waals surface area contributed by atoms with E-state index < -0.39 is 27.5 Å². The molecule has 0 radical (unpaired) electrons. The van der Waals surface area contributed by atoms with Crippen LogP contribution in [0.15, 0.2) is 84.0 Å². The Bertz CT molecular complexity index is 1450. The Morgan fingerprint density at radius 2 is 1.63 bits per heavy atom. The molecule has 3 aliphatic heterocycles. The quantitative estimate of drug-likeness (QED) is 0.543. The van der Waals surface area contributed by atoms with Gasteiger partial charge in [-0.3, -0.25) is 14.7 Å². The highest BCUT2D eigenvalue weighted by Crippen LogP contribution is 2.46. The van der Waals surface area contributed by atoms with Gasteiger partial charge in [-0.25, -0.2) is 13.2 Å². The van der Waals surface area contributed by atoms with Crippen molar-refractivity contribution in [2.75, 3.05) is 30.5 Å². The minimum absolute atomic E-state index is 0.0106. The van der Waals surface area contributed by atoms with Gasteiger partial charge in [0.25, 0.3) is 15.9 Å². The number of rotatable bonds is 5. The molecular weight excluding hydrogens is 502 g/mol. The number of benzene rings is 2. The molecule has 1 aromatic heterocycles. The van der Waals surface area contributed by atoms with Crippen molar-refractivity contribution >= 4 is 27.6 Å². The first-order chi connectivity index (χ1) is 18.4. The number of pyridine rings is 1. The molecule has 0 bridgehead atoms. The predicted octanol–water partition coefficient (Wildman–Crippen LogP) is 2.94.